The van der Waals surface area contributed by atoms with Gasteiger partial charge in [0, 0.05) is 6.42 Å². The van der Waals surface area contributed by atoms with Crippen LogP contribution in [0.15, 0.2) is 18.2 Å². The zero-order valence-corrected chi connectivity index (χ0v) is 12.7. The molecule has 0 bridgehead atoms. The number of halogens is 1. The minimum atomic E-state index is -1.04. The van der Waals surface area contributed by atoms with Crippen LogP contribution < -0.4 is 5.32 Å². The first-order valence-corrected chi connectivity index (χ1v) is 7.77. The van der Waals surface area contributed by atoms with Crippen LogP contribution in [0.5, 0.6) is 0 Å². The normalized spacial score (nSPS) is 16.2. The number of anilines is 1. The predicted octanol–water partition coefficient (Wildman–Crippen LogP) is 4.34. The zero-order valence-electron chi connectivity index (χ0n) is 11.9. The summed E-state index contributed by atoms with van der Waals surface area (Å²) in [7, 11) is 0. The summed E-state index contributed by atoms with van der Waals surface area (Å²) in [5.41, 5.74) is 0.486. The van der Waals surface area contributed by atoms with Crippen LogP contribution in [-0.4, -0.2) is 17.0 Å². The summed E-state index contributed by atoms with van der Waals surface area (Å²) in [6, 6.07) is 4.31. The second-order valence-electron chi connectivity index (χ2n) is 5.61. The minimum absolute atomic E-state index is 0.0914. The molecule has 0 heterocycles. The van der Waals surface area contributed by atoms with Gasteiger partial charge in [-0.25, -0.2) is 4.79 Å². The molecule has 2 rings (SSSR count). The molecule has 1 saturated carbocycles. The average molecular weight is 310 g/mol. The Morgan fingerprint density at radius 3 is 2.48 bits per heavy atom. The molecule has 0 spiro atoms. The molecule has 1 aromatic carbocycles. The summed E-state index contributed by atoms with van der Waals surface area (Å²) in [5.74, 6) is -0.703. The molecule has 1 fully saturated rings. The molecule has 0 aromatic heterocycles. The lowest BCUT2D eigenvalue weighted by Crippen LogP contribution is -2.17. The lowest BCUT2D eigenvalue weighted by Gasteiger charge is -2.14. The van der Waals surface area contributed by atoms with E-state index in [1.54, 1.807) is 0 Å². The molecule has 0 radical (unpaired) electrons. The second kappa shape index (κ2) is 7.46. The molecule has 0 saturated heterocycles. The average Bonchev–Trinajstić information content (AvgIpc) is 2.69. The van der Waals surface area contributed by atoms with Crippen LogP contribution in [0.2, 0.25) is 5.02 Å². The highest BCUT2D eigenvalue weighted by Gasteiger charge is 2.17. The van der Waals surface area contributed by atoms with Crippen LogP contribution in [0.3, 0.4) is 0 Å². The van der Waals surface area contributed by atoms with Crippen LogP contribution in [0.4, 0.5) is 5.69 Å². The van der Waals surface area contributed by atoms with Crippen molar-refractivity contribution in [2.45, 2.75) is 44.9 Å². The van der Waals surface area contributed by atoms with Gasteiger partial charge in [-0.05, 0) is 37.0 Å². The summed E-state index contributed by atoms with van der Waals surface area (Å²) >= 11 is 6.01. The number of rotatable bonds is 4. The third-order valence-electron chi connectivity index (χ3n) is 3.94. The molecule has 2 N–H and O–H groups in total. The summed E-state index contributed by atoms with van der Waals surface area (Å²) in [4.78, 5) is 23.1. The molecule has 0 aliphatic heterocycles. The van der Waals surface area contributed by atoms with Crippen molar-refractivity contribution >= 4 is 29.2 Å². The Hall–Kier alpha value is -1.55. The van der Waals surface area contributed by atoms with Gasteiger partial charge in [0.25, 0.3) is 0 Å². The van der Waals surface area contributed by atoms with Gasteiger partial charge >= 0.3 is 5.97 Å². The first-order chi connectivity index (χ1) is 10.1. The van der Waals surface area contributed by atoms with Gasteiger partial charge in [0.15, 0.2) is 0 Å². The zero-order chi connectivity index (χ0) is 15.2. The molecule has 1 aliphatic carbocycles. The van der Waals surface area contributed by atoms with Crippen LogP contribution in [0.25, 0.3) is 0 Å². The number of aromatic carboxylic acids is 1. The number of hydrogen-bond acceptors (Lipinski definition) is 2. The predicted molar refractivity (Wildman–Crippen MR) is 82.9 cm³/mol. The Morgan fingerprint density at radius 1 is 1.19 bits per heavy atom. The molecule has 4 nitrogen and oxygen atoms in total. The van der Waals surface area contributed by atoms with Crippen LogP contribution in [0, 0.1) is 5.92 Å². The van der Waals surface area contributed by atoms with Gasteiger partial charge in [0.05, 0.1) is 16.3 Å². The van der Waals surface area contributed by atoms with E-state index < -0.39 is 5.97 Å². The first-order valence-electron chi connectivity index (χ1n) is 7.39. The van der Waals surface area contributed by atoms with E-state index in [1.807, 2.05) is 0 Å². The van der Waals surface area contributed by atoms with Gasteiger partial charge in [-0.2, -0.15) is 0 Å². The molecular formula is C16H20ClNO3. The molecule has 0 unspecified atom stereocenters. The maximum atomic E-state index is 12.1. The van der Waals surface area contributed by atoms with Crippen molar-refractivity contribution in [3.63, 3.8) is 0 Å². The fourth-order valence-corrected chi connectivity index (χ4v) is 2.95. The molecular weight excluding hydrogens is 290 g/mol. The Labute approximate surface area is 129 Å². The van der Waals surface area contributed by atoms with E-state index in [4.69, 9.17) is 16.7 Å². The standard InChI is InChI=1S/C16H20ClNO3/c17-13-8-7-12(16(20)21)10-14(13)18-15(19)9-11-5-3-1-2-4-6-11/h7-8,10-11H,1-6,9H2,(H,18,19)(H,20,21). The van der Waals surface area contributed by atoms with Gasteiger partial charge in [-0.15, -0.1) is 0 Å². The number of amides is 1. The van der Waals surface area contributed by atoms with Gasteiger partial charge in [-0.1, -0.05) is 37.3 Å². The van der Waals surface area contributed by atoms with Crippen LogP contribution in [-0.2, 0) is 4.79 Å². The highest BCUT2D eigenvalue weighted by Crippen LogP contribution is 2.27. The van der Waals surface area contributed by atoms with E-state index in [-0.39, 0.29) is 11.5 Å². The summed E-state index contributed by atoms with van der Waals surface area (Å²) < 4.78 is 0. The number of carboxylic acids is 1. The maximum Gasteiger partial charge on any atom is 0.335 e. The Bertz CT molecular complexity index is 522. The molecule has 1 aliphatic rings. The molecule has 1 aromatic rings. The summed E-state index contributed by atoms with van der Waals surface area (Å²) in [6.07, 6.45) is 7.55. The molecule has 114 valence electrons. The Balaban J connectivity index is 1.98. The SMILES string of the molecule is O=C(CC1CCCCCC1)Nc1cc(C(=O)O)ccc1Cl. The van der Waals surface area contributed by atoms with Crippen molar-refractivity contribution < 1.29 is 14.7 Å². The summed E-state index contributed by atoms with van der Waals surface area (Å²) in [5, 5.41) is 12.1. The number of carboxylic acid groups (broad SMARTS) is 1. The van der Waals surface area contributed by atoms with Gasteiger partial charge in [0.1, 0.15) is 0 Å². The van der Waals surface area contributed by atoms with Crippen molar-refractivity contribution in [3.8, 4) is 0 Å². The molecule has 1 amide bonds. The number of hydrogen-bond donors (Lipinski definition) is 2. The van der Waals surface area contributed by atoms with Crippen molar-refractivity contribution in [2.24, 2.45) is 5.92 Å². The van der Waals surface area contributed by atoms with Crippen molar-refractivity contribution in [1.29, 1.82) is 0 Å². The lowest BCUT2D eigenvalue weighted by molar-refractivity contribution is -0.117. The van der Waals surface area contributed by atoms with Crippen LogP contribution in [0.1, 0.15) is 55.3 Å². The maximum absolute atomic E-state index is 12.1. The summed E-state index contributed by atoms with van der Waals surface area (Å²) in [6.45, 7) is 0. The number of benzene rings is 1. The minimum Gasteiger partial charge on any atom is -0.478 e. The number of carbonyl (C=O) groups is 2. The van der Waals surface area contributed by atoms with E-state index in [2.05, 4.69) is 5.32 Å². The lowest BCUT2D eigenvalue weighted by atomic mass is 9.96. The van der Waals surface area contributed by atoms with Crippen molar-refractivity contribution in [1.82, 2.24) is 0 Å². The van der Waals surface area contributed by atoms with E-state index >= 15 is 0 Å². The van der Waals surface area contributed by atoms with Crippen molar-refractivity contribution in [3.05, 3.63) is 28.8 Å². The fraction of sp³-hybridized carbons (Fsp3) is 0.500. The van der Waals surface area contributed by atoms with E-state index in [1.165, 1.54) is 43.9 Å². The molecule has 0 atom stereocenters. The Kier molecular flexibility index (Phi) is 5.62. The highest BCUT2D eigenvalue weighted by atomic mass is 35.5. The number of carbonyl (C=O) groups excluding carboxylic acids is 1. The first kappa shape index (κ1) is 15.8. The second-order valence-corrected chi connectivity index (χ2v) is 6.02. The third kappa shape index (κ3) is 4.74. The highest BCUT2D eigenvalue weighted by molar-refractivity contribution is 6.33. The largest absolute Gasteiger partial charge is 0.478 e. The topological polar surface area (TPSA) is 66.4 Å². The number of nitrogens with one attached hydrogen (secondary N) is 1. The fourth-order valence-electron chi connectivity index (χ4n) is 2.79. The van der Waals surface area contributed by atoms with Gasteiger partial charge < -0.3 is 10.4 Å². The van der Waals surface area contributed by atoms with E-state index in [0.29, 0.717) is 23.0 Å². The van der Waals surface area contributed by atoms with Crippen molar-refractivity contribution in [2.75, 3.05) is 5.32 Å². The third-order valence-corrected chi connectivity index (χ3v) is 4.27. The quantitative estimate of drug-likeness (QED) is 0.813. The monoisotopic (exact) mass is 309 g/mol. The molecule has 5 heteroatoms. The van der Waals surface area contributed by atoms with E-state index in [0.717, 1.165) is 12.8 Å². The van der Waals surface area contributed by atoms with Gasteiger partial charge in [-0.3, -0.25) is 4.79 Å². The molecule has 21 heavy (non-hydrogen) atoms. The van der Waals surface area contributed by atoms with Gasteiger partial charge in [0.2, 0.25) is 5.91 Å². The van der Waals surface area contributed by atoms with E-state index in [9.17, 15) is 9.59 Å². The Morgan fingerprint density at radius 2 is 1.86 bits per heavy atom. The van der Waals surface area contributed by atoms with Crippen LogP contribution >= 0.6 is 11.6 Å². The smallest absolute Gasteiger partial charge is 0.335 e.